The number of thiophene rings is 2. The van der Waals surface area contributed by atoms with E-state index >= 15 is 0 Å². The van der Waals surface area contributed by atoms with Crippen LogP contribution in [0.25, 0.3) is 26.1 Å². The third-order valence-corrected chi connectivity index (χ3v) is 11.7. The summed E-state index contributed by atoms with van der Waals surface area (Å²) >= 11 is 7.31. The minimum atomic E-state index is 0.162. The molecule has 0 bridgehead atoms. The Hall–Kier alpha value is -2.25. The number of amides is 1. The summed E-state index contributed by atoms with van der Waals surface area (Å²) in [6.45, 7) is 0.709. The first-order valence-corrected chi connectivity index (χ1v) is 16.6. The van der Waals surface area contributed by atoms with Crippen LogP contribution in [0.2, 0.25) is 0 Å². The van der Waals surface area contributed by atoms with Gasteiger partial charge in [-0.15, -0.1) is 46.2 Å². The maximum absolute atomic E-state index is 12.5. The molecule has 1 N–H and O–H groups in total. The number of aryl methyl sites for hydroxylation is 1. The molecule has 0 fully saturated rings. The molecule has 2 heterocycles. The van der Waals surface area contributed by atoms with Crippen molar-refractivity contribution in [3.63, 3.8) is 0 Å². The van der Waals surface area contributed by atoms with Gasteiger partial charge in [0.25, 0.3) is 0 Å². The highest BCUT2D eigenvalue weighted by Gasteiger charge is 2.21. The Balaban J connectivity index is 0.983. The molecule has 1 amide bonds. The highest BCUT2D eigenvalue weighted by Crippen LogP contribution is 2.41. The molecule has 0 spiro atoms. The lowest BCUT2D eigenvalue weighted by molar-refractivity contribution is -0.121. The zero-order valence-corrected chi connectivity index (χ0v) is 24.1. The molecule has 188 valence electrons. The summed E-state index contributed by atoms with van der Waals surface area (Å²) in [5, 5.41) is 5.91. The zero-order valence-electron chi connectivity index (χ0n) is 20.8. The second-order valence-corrected chi connectivity index (χ2v) is 14.0. The molecular formula is C31H29NOS4. The van der Waals surface area contributed by atoms with E-state index in [0.29, 0.717) is 13.0 Å². The van der Waals surface area contributed by atoms with Gasteiger partial charge in [-0.05, 0) is 94.8 Å². The monoisotopic (exact) mass is 559 g/mol. The van der Waals surface area contributed by atoms with Gasteiger partial charge in [-0.2, -0.15) is 0 Å². The van der Waals surface area contributed by atoms with E-state index in [1.807, 2.05) is 34.4 Å². The molecule has 0 aliphatic heterocycles. The lowest BCUT2D eigenvalue weighted by atomic mass is 9.80. The van der Waals surface area contributed by atoms with Gasteiger partial charge in [0.2, 0.25) is 5.91 Å². The van der Waals surface area contributed by atoms with Crippen LogP contribution in [-0.2, 0) is 24.1 Å². The number of carbonyl (C=O) groups excluding carboxylic acids is 1. The molecule has 4 aromatic rings. The number of hydrogen-bond donors (Lipinski definition) is 1. The van der Waals surface area contributed by atoms with Gasteiger partial charge in [0.15, 0.2) is 0 Å². The summed E-state index contributed by atoms with van der Waals surface area (Å²) in [7, 11) is 0. The standard InChI is InChI=1S/C31H29NOS4/c1-34-28-16-14-25(36-28)26-15-17-29(37-26)35-19-18-32-27(33)7-3-4-20-8-9-23-11-10-21-5-2-6-22-12-13-24(20)31(23)30(21)22/h2,6,8-12,14-17H,3-5,7,13,18-19H2,1H3,(H,32,33). The molecular weight excluding hydrogens is 531 g/mol. The zero-order chi connectivity index (χ0) is 25.2. The van der Waals surface area contributed by atoms with Crippen LogP contribution in [-0.4, -0.2) is 24.5 Å². The number of benzene rings is 2. The van der Waals surface area contributed by atoms with Crippen LogP contribution >= 0.6 is 46.2 Å². The summed E-state index contributed by atoms with van der Waals surface area (Å²) in [5.74, 6) is 1.06. The molecule has 0 radical (unpaired) electrons. The van der Waals surface area contributed by atoms with Gasteiger partial charge in [0.1, 0.15) is 0 Å². The normalized spacial score (nSPS) is 13.7. The number of allylic oxidation sites excluding steroid dienone is 4. The topological polar surface area (TPSA) is 29.1 Å². The summed E-state index contributed by atoms with van der Waals surface area (Å²) in [4.78, 5) is 15.2. The molecule has 0 atom stereocenters. The van der Waals surface area contributed by atoms with Gasteiger partial charge in [-0.25, -0.2) is 0 Å². The minimum absolute atomic E-state index is 0.162. The van der Waals surface area contributed by atoms with Crippen molar-refractivity contribution in [1.29, 1.82) is 0 Å². The van der Waals surface area contributed by atoms with Crippen molar-refractivity contribution in [3.05, 3.63) is 89.0 Å². The number of rotatable bonds is 10. The Bertz CT molecular complexity index is 1520. The van der Waals surface area contributed by atoms with E-state index in [1.54, 1.807) is 11.8 Å². The van der Waals surface area contributed by atoms with E-state index in [2.05, 4.69) is 78.3 Å². The predicted molar refractivity (Wildman–Crippen MR) is 165 cm³/mol. The fourth-order valence-corrected chi connectivity index (χ4v) is 8.98. The lowest BCUT2D eigenvalue weighted by Crippen LogP contribution is -2.25. The second-order valence-electron chi connectivity index (χ2n) is 9.36. The molecule has 2 aliphatic carbocycles. The molecule has 2 aliphatic rings. The first-order chi connectivity index (χ1) is 18.2. The van der Waals surface area contributed by atoms with Gasteiger partial charge in [0.05, 0.1) is 8.42 Å². The molecule has 6 heteroatoms. The average molecular weight is 560 g/mol. The van der Waals surface area contributed by atoms with Gasteiger partial charge < -0.3 is 5.32 Å². The number of nitrogens with one attached hydrogen (secondary N) is 1. The highest BCUT2D eigenvalue weighted by molar-refractivity contribution is 8.01. The van der Waals surface area contributed by atoms with Gasteiger partial charge in [-0.3, -0.25) is 4.79 Å². The molecule has 0 saturated heterocycles. The molecule has 2 aromatic carbocycles. The van der Waals surface area contributed by atoms with E-state index in [9.17, 15) is 4.79 Å². The predicted octanol–water partition coefficient (Wildman–Crippen LogP) is 8.63. The molecule has 0 unspecified atom stereocenters. The summed E-state index contributed by atoms with van der Waals surface area (Å²) in [6, 6.07) is 17.9. The smallest absolute Gasteiger partial charge is 0.220 e. The SMILES string of the molecule is CSc1ccc(-c2ccc(SCCNC(=O)CCCc3ccc4ccc5c6c4c3CC=C6C=CC5)s2)s1. The molecule has 6 rings (SSSR count). The number of carbonyl (C=O) groups is 1. The molecule has 2 aromatic heterocycles. The Morgan fingerprint density at radius 2 is 1.78 bits per heavy atom. The fourth-order valence-electron chi connectivity index (χ4n) is 5.29. The van der Waals surface area contributed by atoms with Crippen molar-refractivity contribution in [2.75, 3.05) is 18.6 Å². The summed E-state index contributed by atoms with van der Waals surface area (Å²) in [5.41, 5.74) is 7.12. The van der Waals surface area contributed by atoms with Crippen LogP contribution in [0.15, 0.2) is 75.2 Å². The summed E-state index contributed by atoms with van der Waals surface area (Å²) < 4.78 is 2.66. The highest BCUT2D eigenvalue weighted by atomic mass is 32.2. The molecule has 37 heavy (non-hydrogen) atoms. The van der Waals surface area contributed by atoms with Gasteiger partial charge >= 0.3 is 0 Å². The lowest BCUT2D eigenvalue weighted by Gasteiger charge is -2.24. The van der Waals surface area contributed by atoms with Gasteiger partial charge in [0, 0.05) is 28.5 Å². The fraction of sp³-hybridized carbons (Fsp3) is 0.258. The third kappa shape index (κ3) is 5.35. The first-order valence-electron chi connectivity index (χ1n) is 12.8. The van der Waals surface area contributed by atoms with Crippen molar-refractivity contribution in [2.24, 2.45) is 0 Å². The minimum Gasteiger partial charge on any atom is -0.355 e. The van der Waals surface area contributed by atoms with E-state index in [1.165, 1.54) is 56.8 Å². The van der Waals surface area contributed by atoms with Crippen LogP contribution < -0.4 is 5.32 Å². The quantitative estimate of drug-likeness (QED) is 0.156. The largest absolute Gasteiger partial charge is 0.355 e. The van der Waals surface area contributed by atoms with E-state index in [4.69, 9.17) is 0 Å². The molecule has 0 saturated carbocycles. The Labute approximate surface area is 235 Å². The van der Waals surface area contributed by atoms with E-state index < -0.39 is 0 Å². The average Bonchev–Trinajstić information content (AvgIpc) is 3.60. The Kier molecular flexibility index (Phi) is 7.61. The van der Waals surface area contributed by atoms with Crippen LogP contribution in [0.1, 0.15) is 35.1 Å². The third-order valence-electron chi connectivity index (χ3n) is 7.05. The maximum atomic E-state index is 12.5. The Morgan fingerprint density at radius 1 is 0.973 bits per heavy atom. The van der Waals surface area contributed by atoms with Crippen LogP contribution in [0, 0.1) is 0 Å². The van der Waals surface area contributed by atoms with Crippen molar-refractivity contribution in [2.45, 2.75) is 40.5 Å². The van der Waals surface area contributed by atoms with Gasteiger partial charge in [-0.1, -0.05) is 42.5 Å². The van der Waals surface area contributed by atoms with Crippen molar-refractivity contribution < 1.29 is 4.79 Å². The first kappa shape index (κ1) is 25.1. The second kappa shape index (κ2) is 11.2. The van der Waals surface area contributed by atoms with Crippen LogP contribution in [0.3, 0.4) is 0 Å². The maximum Gasteiger partial charge on any atom is 0.220 e. The Morgan fingerprint density at radius 3 is 2.62 bits per heavy atom. The summed E-state index contributed by atoms with van der Waals surface area (Å²) in [6.07, 6.45) is 13.5. The van der Waals surface area contributed by atoms with Crippen LogP contribution in [0.5, 0.6) is 0 Å². The molecule has 2 nitrogen and oxygen atoms in total. The number of thioether (sulfide) groups is 2. The van der Waals surface area contributed by atoms with Crippen molar-refractivity contribution in [1.82, 2.24) is 5.32 Å². The number of hydrogen-bond acceptors (Lipinski definition) is 5. The van der Waals surface area contributed by atoms with E-state index in [0.717, 1.165) is 31.4 Å². The van der Waals surface area contributed by atoms with Crippen LogP contribution in [0.4, 0.5) is 0 Å². The van der Waals surface area contributed by atoms with Crippen molar-refractivity contribution in [3.8, 4) is 9.75 Å². The van der Waals surface area contributed by atoms with Crippen molar-refractivity contribution >= 4 is 68.5 Å². The van der Waals surface area contributed by atoms with E-state index in [-0.39, 0.29) is 5.91 Å².